The van der Waals surface area contributed by atoms with E-state index in [9.17, 15) is 13.6 Å². The Morgan fingerprint density at radius 2 is 1.85 bits per heavy atom. The van der Waals surface area contributed by atoms with Crippen LogP contribution in [0.4, 0.5) is 8.78 Å². The minimum absolute atomic E-state index is 0.0316. The Kier molecular flexibility index (Phi) is 5.73. The lowest BCUT2D eigenvalue weighted by molar-refractivity contribution is -0.128. The predicted molar refractivity (Wildman–Crippen MR) is 105 cm³/mol. The van der Waals surface area contributed by atoms with Crippen LogP contribution < -0.4 is 10.1 Å². The molecule has 0 aliphatic heterocycles. The minimum Gasteiger partial charge on any atom is -0.430 e. The highest BCUT2D eigenvalue weighted by Crippen LogP contribution is 2.44. The third kappa shape index (κ3) is 5.63. The van der Waals surface area contributed by atoms with Gasteiger partial charge in [-0.25, -0.2) is 9.97 Å². The largest absolute Gasteiger partial charge is 0.430 e. The molecule has 1 saturated carbocycles. The van der Waals surface area contributed by atoms with Crippen molar-refractivity contribution in [2.45, 2.75) is 37.3 Å². The Hall–Kier alpha value is -1.71. The number of aromatic nitrogens is 2. The number of hydrogen-bond donors (Lipinski definition) is 1. The summed E-state index contributed by atoms with van der Waals surface area (Å²) in [6.07, 6.45) is 5.01. The molecule has 3 rings (SSSR count). The highest BCUT2D eigenvalue weighted by molar-refractivity contribution is 7.19. The molecule has 144 valence electrons. The van der Waals surface area contributed by atoms with Gasteiger partial charge in [0.05, 0.1) is 6.54 Å². The number of ether oxygens (including phenoxy) is 1. The molecule has 1 amide bonds. The third-order valence-corrected chi connectivity index (χ3v) is 4.95. The van der Waals surface area contributed by atoms with Gasteiger partial charge in [-0.05, 0) is 44.9 Å². The van der Waals surface area contributed by atoms with E-state index in [1.807, 2.05) is 0 Å². The molecule has 1 aromatic heterocycles. The zero-order valence-corrected chi connectivity index (χ0v) is 17.1. The fraction of sp³-hybridized carbons (Fsp3) is 0.389. The molecule has 2 atom stereocenters. The molecule has 1 heterocycles. The van der Waals surface area contributed by atoms with Crippen LogP contribution in [0.1, 0.15) is 25.6 Å². The number of hydrogen-bond acceptors (Lipinski definition) is 4. The number of alkyl halides is 2. The first-order chi connectivity index (χ1) is 12.6. The van der Waals surface area contributed by atoms with Gasteiger partial charge in [0.15, 0.2) is 0 Å². The Labute approximate surface area is 161 Å². The number of carbonyl (C=O) groups excluding carboxylic acids is 1. The number of benzene rings is 1. The number of carbonyl (C=O) groups is 1. The smallest absolute Gasteiger partial charge is 0.408 e. The summed E-state index contributed by atoms with van der Waals surface area (Å²) in [7, 11) is 4.11. The average Bonchev–Trinajstić information content (AvgIpc) is 2.57. The molecule has 1 fully saturated rings. The second-order valence-corrected chi connectivity index (χ2v) is 9.12. The van der Waals surface area contributed by atoms with Gasteiger partial charge in [-0.3, -0.25) is 4.79 Å². The Bertz CT molecular complexity index is 801. The summed E-state index contributed by atoms with van der Waals surface area (Å²) in [6.45, 7) is 2.40. The van der Waals surface area contributed by atoms with Crippen LogP contribution in [0.25, 0.3) is 11.1 Å². The van der Waals surface area contributed by atoms with Crippen molar-refractivity contribution in [2.24, 2.45) is 5.92 Å². The van der Waals surface area contributed by atoms with Crippen LogP contribution in [0.3, 0.4) is 0 Å². The topological polar surface area (TPSA) is 64.1 Å². The van der Waals surface area contributed by atoms with Crippen molar-refractivity contribution in [2.75, 3.05) is 0 Å². The second-order valence-electron chi connectivity index (χ2n) is 7.05. The number of amides is 1. The van der Waals surface area contributed by atoms with Crippen molar-refractivity contribution in [1.29, 1.82) is 0 Å². The van der Waals surface area contributed by atoms with Crippen LogP contribution >= 0.6 is 18.5 Å². The molecule has 0 bridgehead atoms. The zero-order valence-electron chi connectivity index (χ0n) is 14.8. The molecule has 5 nitrogen and oxygen atoms in total. The maximum absolute atomic E-state index is 12.8. The van der Waals surface area contributed by atoms with Crippen molar-refractivity contribution >= 4 is 24.4 Å². The normalized spacial score (nSPS) is 22.0. The highest BCUT2D eigenvalue weighted by atomic mass is 31.0. The van der Waals surface area contributed by atoms with Gasteiger partial charge >= 0.3 is 5.85 Å². The SMILES string of the molecule is CC1(P)CC(C(=O)NCc2ncc(-c3ccc(OC(F)(F)P)cc3)cn2)C1. The fourth-order valence-corrected chi connectivity index (χ4v) is 3.73. The second kappa shape index (κ2) is 7.73. The van der Waals surface area contributed by atoms with E-state index in [4.69, 9.17) is 0 Å². The van der Waals surface area contributed by atoms with Gasteiger partial charge in [-0.1, -0.05) is 19.1 Å². The Morgan fingerprint density at radius 1 is 1.26 bits per heavy atom. The fourth-order valence-electron chi connectivity index (χ4n) is 3.03. The van der Waals surface area contributed by atoms with E-state index in [-0.39, 0.29) is 29.3 Å². The Morgan fingerprint density at radius 3 is 2.37 bits per heavy atom. The van der Waals surface area contributed by atoms with Crippen LogP contribution in [-0.4, -0.2) is 26.9 Å². The molecule has 1 N–H and O–H groups in total. The maximum atomic E-state index is 12.8. The van der Waals surface area contributed by atoms with Gasteiger partial charge in [-0.2, -0.15) is 8.78 Å². The van der Waals surface area contributed by atoms with E-state index >= 15 is 0 Å². The molecule has 1 aromatic carbocycles. The summed E-state index contributed by atoms with van der Waals surface area (Å²) in [5.41, 5.74) is 1.52. The van der Waals surface area contributed by atoms with Gasteiger partial charge in [-0.15, -0.1) is 9.24 Å². The lowest BCUT2D eigenvalue weighted by Gasteiger charge is -2.41. The van der Waals surface area contributed by atoms with E-state index in [1.165, 1.54) is 21.4 Å². The summed E-state index contributed by atoms with van der Waals surface area (Å²) in [4.78, 5) is 20.6. The maximum Gasteiger partial charge on any atom is 0.408 e. The molecule has 9 heteroatoms. The monoisotopic (exact) mass is 411 g/mol. The van der Waals surface area contributed by atoms with Crippen molar-refractivity contribution in [3.63, 3.8) is 0 Å². The molecule has 0 spiro atoms. The molecule has 2 aromatic rings. The molecule has 1 aliphatic carbocycles. The van der Waals surface area contributed by atoms with E-state index < -0.39 is 5.85 Å². The molecule has 1 aliphatic rings. The van der Waals surface area contributed by atoms with Crippen LogP contribution in [0.15, 0.2) is 36.7 Å². The number of nitrogens with one attached hydrogen (secondary N) is 1. The number of nitrogens with zero attached hydrogens (tertiary/aromatic N) is 2. The lowest BCUT2D eigenvalue weighted by atomic mass is 9.74. The van der Waals surface area contributed by atoms with Crippen molar-refractivity contribution in [3.05, 3.63) is 42.5 Å². The number of rotatable bonds is 6. The summed E-state index contributed by atoms with van der Waals surface area (Å²) >= 11 is 0. The van der Waals surface area contributed by atoms with Crippen LogP contribution in [0.5, 0.6) is 5.75 Å². The van der Waals surface area contributed by atoms with Crippen molar-refractivity contribution in [1.82, 2.24) is 15.3 Å². The number of halogens is 2. The van der Waals surface area contributed by atoms with Gasteiger partial charge < -0.3 is 10.1 Å². The summed E-state index contributed by atoms with van der Waals surface area (Å²) < 4.78 is 30.1. The molecule has 2 unspecified atom stereocenters. The molecule has 0 saturated heterocycles. The van der Waals surface area contributed by atoms with Gasteiger partial charge in [0, 0.05) is 23.9 Å². The quantitative estimate of drug-likeness (QED) is 0.738. The van der Waals surface area contributed by atoms with Crippen LogP contribution in [-0.2, 0) is 11.3 Å². The summed E-state index contributed by atoms with van der Waals surface area (Å²) in [5, 5.41) is 3.04. The highest BCUT2D eigenvalue weighted by Gasteiger charge is 2.40. The van der Waals surface area contributed by atoms with E-state index in [2.05, 4.69) is 36.2 Å². The van der Waals surface area contributed by atoms with Gasteiger partial charge in [0.1, 0.15) is 11.6 Å². The first-order valence-electron chi connectivity index (χ1n) is 8.45. The average molecular weight is 411 g/mol. The molecular formula is C18H21F2N3O2P2. The summed E-state index contributed by atoms with van der Waals surface area (Å²) in [6, 6.07) is 6.23. The standard InChI is InChI=1S/C18H21F2N3O2P2/c1-17(26)6-12(7-17)16(24)23-10-15-21-8-13(9-22-15)11-2-4-14(5-3-11)25-18(19,20)27/h2-5,8-9,12H,6-7,10,26-27H2,1H3,(H,23,24). The third-order valence-electron chi connectivity index (χ3n) is 4.36. The zero-order chi connectivity index (χ0) is 19.7. The molecular weight excluding hydrogens is 390 g/mol. The van der Waals surface area contributed by atoms with E-state index in [0.717, 1.165) is 24.0 Å². The van der Waals surface area contributed by atoms with Crippen molar-refractivity contribution in [3.8, 4) is 16.9 Å². The molecule has 27 heavy (non-hydrogen) atoms. The van der Waals surface area contributed by atoms with E-state index in [0.29, 0.717) is 5.82 Å². The first-order valence-corrected chi connectivity index (χ1v) is 9.60. The lowest BCUT2D eigenvalue weighted by Crippen LogP contribution is -2.44. The van der Waals surface area contributed by atoms with Gasteiger partial charge in [0.25, 0.3) is 0 Å². The van der Waals surface area contributed by atoms with Crippen LogP contribution in [0.2, 0.25) is 0 Å². The summed E-state index contributed by atoms with van der Waals surface area (Å²) in [5.74, 6) is -2.63. The van der Waals surface area contributed by atoms with Crippen LogP contribution in [0, 0.1) is 5.92 Å². The molecule has 0 radical (unpaired) electrons. The Balaban J connectivity index is 1.55. The first kappa shape index (κ1) is 20.0. The predicted octanol–water partition coefficient (Wildman–Crippen LogP) is 3.61. The van der Waals surface area contributed by atoms with Crippen molar-refractivity contribution < 1.29 is 18.3 Å². The van der Waals surface area contributed by atoms with Gasteiger partial charge in [0.2, 0.25) is 5.91 Å². The minimum atomic E-state index is -3.30. The van der Waals surface area contributed by atoms with E-state index in [1.54, 1.807) is 24.5 Å².